The Bertz CT molecular complexity index is 931. The predicted molar refractivity (Wildman–Crippen MR) is 110 cm³/mol. The zero-order chi connectivity index (χ0) is 21.6. The van der Waals surface area contributed by atoms with Gasteiger partial charge in [0.2, 0.25) is 6.29 Å². The van der Waals surface area contributed by atoms with Crippen LogP contribution in [0.2, 0.25) is 0 Å². The molecule has 2 atom stereocenters. The maximum Gasteiger partial charge on any atom is 0.308 e. The summed E-state index contributed by atoms with van der Waals surface area (Å²) in [6, 6.07) is 17.4. The van der Waals surface area contributed by atoms with Crippen LogP contribution in [0, 0.1) is 11.8 Å². The summed E-state index contributed by atoms with van der Waals surface area (Å²) in [5, 5.41) is 0. The van der Waals surface area contributed by atoms with E-state index in [9.17, 15) is 13.2 Å². The number of para-hydroxylation sites is 1. The van der Waals surface area contributed by atoms with Crippen LogP contribution in [0.4, 0.5) is 0 Å². The summed E-state index contributed by atoms with van der Waals surface area (Å²) in [5.74, 6) is 2.02. The van der Waals surface area contributed by atoms with Gasteiger partial charge in [-0.2, -0.15) is 8.42 Å². The minimum Gasteiger partial charge on any atom is -0.457 e. The number of ether oxygens (including phenoxy) is 3. The molecule has 2 heterocycles. The molecule has 2 aromatic carbocycles. The summed E-state index contributed by atoms with van der Waals surface area (Å²) in [6.45, 7) is 4.92. The molecule has 0 aliphatic carbocycles. The molecule has 0 aromatic heterocycles. The Morgan fingerprint density at radius 3 is 2.33 bits per heavy atom. The van der Waals surface area contributed by atoms with E-state index < -0.39 is 16.4 Å². The maximum atomic E-state index is 11.5. The average molecular weight is 435 g/mol. The third-order valence-corrected chi connectivity index (χ3v) is 5.94. The Morgan fingerprint density at radius 1 is 1.07 bits per heavy atom. The smallest absolute Gasteiger partial charge is 0.308 e. The van der Waals surface area contributed by atoms with Crippen LogP contribution in [0.5, 0.6) is 11.5 Å². The first-order valence-electron chi connectivity index (χ1n) is 9.82. The fraction of sp³-hybridized carbons (Fsp3) is 0.409. The molecular formula is C22H26O7S. The van der Waals surface area contributed by atoms with Crippen LogP contribution in [0.1, 0.15) is 25.8 Å². The van der Waals surface area contributed by atoms with Gasteiger partial charge in [0.15, 0.2) is 0 Å². The molecule has 2 aliphatic rings. The zero-order valence-electron chi connectivity index (χ0n) is 17.0. The number of benzene rings is 2. The summed E-state index contributed by atoms with van der Waals surface area (Å²) >= 11 is 0. The van der Waals surface area contributed by atoms with E-state index in [1.54, 1.807) is 0 Å². The molecule has 0 spiro atoms. The number of esters is 1. The van der Waals surface area contributed by atoms with E-state index in [1.807, 2.05) is 54.6 Å². The summed E-state index contributed by atoms with van der Waals surface area (Å²) in [6.07, 6.45) is -0.0318. The Kier molecular flexibility index (Phi) is 7.47. The predicted octanol–water partition coefficient (Wildman–Crippen LogP) is 3.89. The second-order valence-electron chi connectivity index (χ2n) is 7.43. The van der Waals surface area contributed by atoms with Gasteiger partial charge in [-0.15, -0.1) is 0 Å². The molecule has 8 heteroatoms. The SMILES string of the molecule is CC(C)C1CC(=O)OC1OCc1cccc(Oc2ccccc2)c1.O=S1(=O)CCO1. The maximum absolute atomic E-state index is 11.5. The number of carbonyl (C=O) groups is 1. The molecule has 162 valence electrons. The van der Waals surface area contributed by atoms with Crippen LogP contribution in [-0.2, 0) is 35.2 Å². The minimum absolute atomic E-state index is 0.112. The fourth-order valence-corrected chi connectivity index (χ4v) is 3.42. The van der Waals surface area contributed by atoms with E-state index in [0.29, 0.717) is 25.6 Å². The largest absolute Gasteiger partial charge is 0.457 e. The highest BCUT2D eigenvalue weighted by Gasteiger charge is 2.37. The van der Waals surface area contributed by atoms with Crippen molar-refractivity contribution in [3.8, 4) is 11.5 Å². The number of hydrogen-bond donors (Lipinski definition) is 0. The first-order valence-corrected chi connectivity index (χ1v) is 11.4. The second kappa shape index (κ2) is 10.1. The highest BCUT2D eigenvalue weighted by atomic mass is 32.2. The molecule has 0 radical (unpaired) electrons. The first kappa shape index (κ1) is 22.3. The summed E-state index contributed by atoms with van der Waals surface area (Å²) in [7, 11) is -2.98. The van der Waals surface area contributed by atoms with Crippen LogP contribution in [0.25, 0.3) is 0 Å². The lowest BCUT2D eigenvalue weighted by atomic mass is 9.94. The van der Waals surface area contributed by atoms with E-state index in [2.05, 4.69) is 18.0 Å². The lowest BCUT2D eigenvalue weighted by Gasteiger charge is -2.20. The normalized spacial score (nSPS) is 21.9. The van der Waals surface area contributed by atoms with Crippen LogP contribution in [0.15, 0.2) is 54.6 Å². The first-order chi connectivity index (χ1) is 14.3. The van der Waals surface area contributed by atoms with Crippen molar-refractivity contribution in [3.63, 3.8) is 0 Å². The van der Waals surface area contributed by atoms with Gasteiger partial charge in [-0.25, -0.2) is 0 Å². The number of carbonyl (C=O) groups excluding carboxylic acids is 1. The van der Waals surface area contributed by atoms with Crippen LogP contribution in [-0.4, -0.2) is 33.0 Å². The summed E-state index contributed by atoms with van der Waals surface area (Å²) in [4.78, 5) is 11.5. The third-order valence-electron chi connectivity index (χ3n) is 4.74. The van der Waals surface area contributed by atoms with E-state index >= 15 is 0 Å². The lowest BCUT2D eigenvalue weighted by molar-refractivity contribution is -0.172. The van der Waals surface area contributed by atoms with E-state index in [0.717, 1.165) is 17.1 Å². The zero-order valence-corrected chi connectivity index (χ0v) is 17.8. The molecule has 4 rings (SSSR count). The van der Waals surface area contributed by atoms with Crippen molar-refractivity contribution < 1.29 is 31.6 Å². The van der Waals surface area contributed by atoms with Gasteiger partial charge >= 0.3 is 5.97 Å². The Balaban J connectivity index is 0.000000367. The Morgan fingerprint density at radius 2 is 1.73 bits per heavy atom. The van der Waals surface area contributed by atoms with Gasteiger partial charge < -0.3 is 14.2 Å². The monoisotopic (exact) mass is 434 g/mol. The van der Waals surface area contributed by atoms with Gasteiger partial charge in [-0.1, -0.05) is 44.2 Å². The Labute approximate surface area is 177 Å². The van der Waals surface area contributed by atoms with Gasteiger partial charge in [-0.3, -0.25) is 8.98 Å². The summed E-state index contributed by atoms with van der Waals surface area (Å²) in [5.41, 5.74) is 0.980. The quantitative estimate of drug-likeness (QED) is 0.503. The number of rotatable bonds is 6. The lowest BCUT2D eigenvalue weighted by Crippen LogP contribution is -2.26. The van der Waals surface area contributed by atoms with E-state index in [4.69, 9.17) is 14.2 Å². The highest BCUT2D eigenvalue weighted by Crippen LogP contribution is 2.30. The van der Waals surface area contributed by atoms with Gasteiger partial charge in [0, 0.05) is 5.92 Å². The molecule has 0 amide bonds. The molecule has 2 aliphatic heterocycles. The minimum atomic E-state index is -2.98. The van der Waals surface area contributed by atoms with Gasteiger partial charge in [0.05, 0.1) is 19.6 Å². The Hall–Kier alpha value is -2.42. The molecule has 2 fully saturated rings. The highest BCUT2D eigenvalue weighted by molar-refractivity contribution is 7.87. The van der Waals surface area contributed by atoms with Crippen LogP contribution in [0.3, 0.4) is 0 Å². The number of cyclic esters (lactones) is 1. The average Bonchev–Trinajstić information content (AvgIpc) is 3.08. The molecule has 2 aromatic rings. The van der Waals surface area contributed by atoms with Crippen LogP contribution >= 0.6 is 0 Å². The summed E-state index contributed by atoms with van der Waals surface area (Å²) < 4.78 is 40.8. The van der Waals surface area contributed by atoms with E-state index in [-0.39, 0.29) is 17.6 Å². The van der Waals surface area contributed by atoms with Crippen molar-refractivity contribution in [1.29, 1.82) is 0 Å². The van der Waals surface area contributed by atoms with Crippen molar-refractivity contribution in [3.05, 3.63) is 60.2 Å². The van der Waals surface area contributed by atoms with Crippen molar-refractivity contribution >= 4 is 16.1 Å². The fourth-order valence-electron chi connectivity index (χ4n) is 2.98. The van der Waals surface area contributed by atoms with Gasteiger partial charge in [0.1, 0.15) is 17.3 Å². The molecule has 2 unspecified atom stereocenters. The van der Waals surface area contributed by atoms with Crippen molar-refractivity contribution in [2.45, 2.75) is 33.2 Å². The molecular weight excluding hydrogens is 408 g/mol. The van der Waals surface area contributed by atoms with E-state index in [1.165, 1.54) is 0 Å². The topological polar surface area (TPSA) is 88.1 Å². The van der Waals surface area contributed by atoms with Gasteiger partial charge in [0.25, 0.3) is 10.1 Å². The number of hydrogen-bond acceptors (Lipinski definition) is 7. The second-order valence-corrected chi connectivity index (χ2v) is 9.19. The molecule has 0 saturated carbocycles. The molecule has 30 heavy (non-hydrogen) atoms. The molecule has 0 bridgehead atoms. The third kappa shape index (κ3) is 6.55. The van der Waals surface area contributed by atoms with Crippen molar-refractivity contribution in [1.82, 2.24) is 0 Å². The molecule has 2 saturated heterocycles. The molecule has 7 nitrogen and oxygen atoms in total. The standard InChI is InChI=1S/C20H22O4.C2H4O3S/c1-14(2)18-12-19(21)24-20(18)22-13-15-7-6-10-17(11-15)23-16-8-4-3-5-9-16;3-6(4)2-1-5-6/h3-11,14,18,20H,12-13H2,1-2H3;1-2H2. The van der Waals surface area contributed by atoms with Crippen LogP contribution < -0.4 is 4.74 Å². The van der Waals surface area contributed by atoms with Crippen molar-refractivity contribution in [2.24, 2.45) is 11.8 Å². The van der Waals surface area contributed by atoms with Crippen molar-refractivity contribution in [2.75, 3.05) is 12.4 Å². The van der Waals surface area contributed by atoms with Gasteiger partial charge in [-0.05, 0) is 35.7 Å². The molecule has 0 N–H and O–H groups in total.